The topological polar surface area (TPSA) is 59.1 Å². The van der Waals surface area contributed by atoms with Gasteiger partial charge in [-0.25, -0.2) is 17.1 Å². The Balaban J connectivity index is 1.70. The maximum Gasteiger partial charge on any atom is 0.242 e. The highest BCUT2D eigenvalue weighted by Crippen LogP contribution is 2.18. The second-order valence-corrected chi connectivity index (χ2v) is 8.36. The first-order valence-electron chi connectivity index (χ1n) is 8.51. The third kappa shape index (κ3) is 6.50. The number of hydrogen-bond acceptors (Lipinski definition) is 5. The normalized spacial score (nSPS) is 11.8. The summed E-state index contributed by atoms with van der Waals surface area (Å²) in [6.07, 6.45) is 0. The Morgan fingerprint density at radius 3 is 1.70 bits per heavy atom. The fourth-order valence-electron chi connectivity index (χ4n) is 2.20. The third-order valence-corrected chi connectivity index (χ3v) is 5.73. The first-order chi connectivity index (χ1) is 12.8. The van der Waals surface area contributed by atoms with Crippen LogP contribution < -0.4 is 9.47 Å². The minimum absolute atomic E-state index is 0.231. The Hall–Kier alpha value is -2.16. The number of rotatable bonds is 10. The molecule has 2 rings (SSSR count). The molecule has 0 aromatic heterocycles. The zero-order valence-electron chi connectivity index (χ0n) is 15.8. The van der Waals surface area contributed by atoms with Crippen molar-refractivity contribution in [2.75, 3.05) is 47.4 Å². The molecule has 0 saturated carbocycles. The first-order valence-corrected chi connectivity index (χ1v) is 9.95. The Bertz CT molecular complexity index is 809. The van der Waals surface area contributed by atoms with Gasteiger partial charge in [-0.15, -0.1) is 0 Å². The van der Waals surface area contributed by atoms with E-state index in [0.29, 0.717) is 37.8 Å². The predicted molar refractivity (Wildman–Crippen MR) is 102 cm³/mol. The van der Waals surface area contributed by atoms with Crippen LogP contribution >= 0.6 is 0 Å². The molecule has 0 aliphatic carbocycles. The summed E-state index contributed by atoms with van der Waals surface area (Å²) >= 11 is 0. The number of ether oxygens (including phenoxy) is 2. The highest BCUT2D eigenvalue weighted by atomic mass is 32.2. The van der Waals surface area contributed by atoms with E-state index in [1.807, 2.05) is 11.9 Å². The lowest BCUT2D eigenvalue weighted by atomic mass is 10.3. The van der Waals surface area contributed by atoms with E-state index in [0.717, 1.165) is 0 Å². The number of halogens is 1. The second-order valence-electron chi connectivity index (χ2n) is 6.21. The minimum atomic E-state index is -3.43. The van der Waals surface area contributed by atoms with Gasteiger partial charge in [-0.2, -0.15) is 0 Å². The fraction of sp³-hybridized carbons (Fsp3) is 0.368. The molecule has 0 unspecified atom stereocenters. The summed E-state index contributed by atoms with van der Waals surface area (Å²) < 4.78 is 49.2. The van der Waals surface area contributed by atoms with E-state index in [2.05, 4.69) is 0 Å². The van der Waals surface area contributed by atoms with Crippen LogP contribution in [0.25, 0.3) is 0 Å². The van der Waals surface area contributed by atoms with Crippen molar-refractivity contribution in [3.8, 4) is 11.5 Å². The van der Waals surface area contributed by atoms with Gasteiger partial charge in [0.2, 0.25) is 10.0 Å². The summed E-state index contributed by atoms with van der Waals surface area (Å²) in [6, 6.07) is 12.3. The van der Waals surface area contributed by atoms with Gasteiger partial charge in [0.25, 0.3) is 0 Å². The second kappa shape index (κ2) is 9.68. The average molecular weight is 396 g/mol. The summed E-state index contributed by atoms with van der Waals surface area (Å²) in [5, 5.41) is 0. The van der Waals surface area contributed by atoms with Gasteiger partial charge in [0.15, 0.2) is 0 Å². The zero-order valence-corrected chi connectivity index (χ0v) is 16.6. The van der Waals surface area contributed by atoms with Gasteiger partial charge in [-0.1, -0.05) is 0 Å². The summed E-state index contributed by atoms with van der Waals surface area (Å²) in [7, 11) is 1.51. The Kier molecular flexibility index (Phi) is 7.58. The molecule has 0 aliphatic rings. The number of sulfonamides is 1. The Morgan fingerprint density at radius 2 is 1.26 bits per heavy atom. The van der Waals surface area contributed by atoms with Crippen LogP contribution in [0.2, 0.25) is 0 Å². The number of benzene rings is 2. The van der Waals surface area contributed by atoms with Crippen LogP contribution in [0.3, 0.4) is 0 Å². The maximum absolute atomic E-state index is 12.8. The quantitative estimate of drug-likeness (QED) is 0.618. The van der Waals surface area contributed by atoms with E-state index in [9.17, 15) is 12.8 Å². The molecule has 6 nitrogen and oxygen atoms in total. The van der Waals surface area contributed by atoms with Crippen molar-refractivity contribution >= 4 is 10.0 Å². The fourth-order valence-corrected chi connectivity index (χ4v) is 3.10. The molecule has 0 bridgehead atoms. The Labute approximate surface area is 160 Å². The number of hydrogen-bond donors (Lipinski definition) is 0. The van der Waals surface area contributed by atoms with Crippen LogP contribution in [-0.4, -0.2) is 65.1 Å². The van der Waals surface area contributed by atoms with E-state index < -0.39 is 10.0 Å². The number of likely N-dealkylation sites (N-methyl/N-ethyl adjacent to an activating group) is 1. The van der Waals surface area contributed by atoms with E-state index in [1.54, 1.807) is 24.3 Å². The minimum Gasteiger partial charge on any atom is -0.492 e. The van der Waals surface area contributed by atoms with Crippen molar-refractivity contribution in [2.45, 2.75) is 4.90 Å². The average Bonchev–Trinajstić information content (AvgIpc) is 2.63. The van der Waals surface area contributed by atoms with Crippen molar-refractivity contribution < 1.29 is 22.3 Å². The summed E-state index contributed by atoms with van der Waals surface area (Å²) in [6.45, 7) is 2.33. The molecule has 0 aliphatic heterocycles. The summed E-state index contributed by atoms with van der Waals surface area (Å²) in [5.41, 5.74) is 0. The van der Waals surface area contributed by atoms with Gasteiger partial charge in [0, 0.05) is 27.2 Å². The molecule has 148 valence electrons. The van der Waals surface area contributed by atoms with E-state index in [4.69, 9.17) is 9.47 Å². The van der Waals surface area contributed by atoms with E-state index >= 15 is 0 Å². The number of nitrogens with zero attached hydrogens (tertiary/aromatic N) is 2. The van der Waals surface area contributed by atoms with Crippen molar-refractivity contribution in [3.63, 3.8) is 0 Å². The lowest BCUT2D eigenvalue weighted by Gasteiger charge is -2.17. The van der Waals surface area contributed by atoms with Crippen LogP contribution in [0.1, 0.15) is 0 Å². The molecular weight excluding hydrogens is 371 g/mol. The largest absolute Gasteiger partial charge is 0.492 e. The van der Waals surface area contributed by atoms with Crippen LogP contribution in [0.5, 0.6) is 11.5 Å². The zero-order chi connectivity index (χ0) is 19.9. The molecule has 0 spiro atoms. The van der Waals surface area contributed by atoms with Crippen molar-refractivity contribution in [2.24, 2.45) is 0 Å². The van der Waals surface area contributed by atoms with Crippen molar-refractivity contribution in [1.82, 2.24) is 9.21 Å². The molecule has 0 heterocycles. The van der Waals surface area contributed by atoms with Gasteiger partial charge < -0.3 is 9.47 Å². The van der Waals surface area contributed by atoms with Gasteiger partial charge in [-0.05, 0) is 55.6 Å². The van der Waals surface area contributed by atoms with Gasteiger partial charge >= 0.3 is 0 Å². The van der Waals surface area contributed by atoms with Crippen LogP contribution in [0.15, 0.2) is 53.4 Å². The molecule has 0 atom stereocenters. The lowest BCUT2D eigenvalue weighted by molar-refractivity contribution is 0.202. The monoisotopic (exact) mass is 396 g/mol. The van der Waals surface area contributed by atoms with Gasteiger partial charge in [0.05, 0.1) is 4.90 Å². The molecule has 0 fully saturated rings. The van der Waals surface area contributed by atoms with Crippen LogP contribution in [-0.2, 0) is 10.0 Å². The highest BCUT2D eigenvalue weighted by Gasteiger charge is 2.16. The van der Waals surface area contributed by atoms with Gasteiger partial charge in [-0.3, -0.25) is 4.90 Å². The highest BCUT2D eigenvalue weighted by molar-refractivity contribution is 7.89. The Morgan fingerprint density at radius 1 is 0.815 bits per heavy atom. The van der Waals surface area contributed by atoms with Gasteiger partial charge in [0.1, 0.15) is 30.5 Å². The standard InChI is InChI=1S/C19H25FN2O4S/c1-21(2)27(23,24)19-10-8-18(9-11-19)26-15-13-22(3)12-14-25-17-6-4-16(20)5-7-17/h4-11H,12-15H2,1-3H3. The molecule has 2 aromatic rings. The molecular formula is C19H25FN2O4S. The van der Waals surface area contributed by atoms with Crippen LogP contribution in [0, 0.1) is 5.82 Å². The third-order valence-electron chi connectivity index (χ3n) is 3.90. The molecule has 2 aromatic carbocycles. The summed E-state index contributed by atoms with van der Waals surface area (Å²) in [4.78, 5) is 2.28. The molecule has 8 heteroatoms. The first kappa shape index (κ1) is 21.1. The maximum atomic E-state index is 12.8. The summed E-state index contributed by atoms with van der Waals surface area (Å²) in [5.74, 6) is 0.960. The predicted octanol–water partition coefficient (Wildman–Crippen LogP) is 2.47. The van der Waals surface area contributed by atoms with E-state index in [1.165, 1.54) is 42.7 Å². The molecule has 0 saturated heterocycles. The van der Waals surface area contributed by atoms with Crippen molar-refractivity contribution in [3.05, 3.63) is 54.3 Å². The SMILES string of the molecule is CN(CCOc1ccc(F)cc1)CCOc1ccc(S(=O)(=O)N(C)C)cc1. The van der Waals surface area contributed by atoms with Crippen LogP contribution in [0.4, 0.5) is 4.39 Å². The molecule has 0 amide bonds. The van der Waals surface area contributed by atoms with E-state index in [-0.39, 0.29) is 10.7 Å². The molecule has 0 N–H and O–H groups in total. The molecule has 27 heavy (non-hydrogen) atoms. The smallest absolute Gasteiger partial charge is 0.242 e. The van der Waals surface area contributed by atoms with Crippen molar-refractivity contribution in [1.29, 1.82) is 0 Å². The lowest BCUT2D eigenvalue weighted by Crippen LogP contribution is -2.28. The molecule has 0 radical (unpaired) electrons.